The van der Waals surface area contributed by atoms with Crippen LogP contribution in [0, 0.1) is 0 Å². The number of aromatic nitrogens is 2. The molecule has 0 fully saturated rings. The molecule has 1 heterocycles. The van der Waals surface area contributed by atoms with Crippen molar-refractivity contribution in [3.8, 4) is 5.75 Å². The molecule has 29 heavy (non-hydrogen) atoms. The lowest BCUT2D eigenvalue weighted by molar-refractivity contribution is 0.468. The van der Waals surface area contributed by atoms with Crippen LogP contribution in [0.2, 0.25) is 0 Å². The standard InChI is InChI=1S/C16H17ClN2OS.C4H8.2C2H6/c1-19-13(7-12(9-17)18-19)10-21-14-6-11-4-2-3-5-15(11)16(20)8-14;1-3-4-2;2*1-2/h4-8,20H,2-3,9-10H2,1H3;3-4H,1-2H3;2*1-2H3/b;4-3-;;. The fourth-order valence-electron chi connectivity index (χ4n) is 2.50. The number of phenols is 1. The number of halogens is 1. The summed E-state index contributed by atoms with van der Waals surface area (Å²) < 4.78 is 1.86. The van der Waals surface area contributed by atoms with Crippen LogP contribution >= 0.6 is 23.4 Å². The maximum Gasteiger partial charge on any atom is 0.124 e. The minimum Gasteiger partial charge on any atom is -0.507 e. The number of nitrogens with zero attached hydrogens (tertiary/aromatic N) is 2. The molecule has 0 amide bonds. The molecular weight excluding hydrogens is 400 g/mol. The number of aryl methyl sites for hydroxylation is 1. The normalized spacial score (nSPS) is 11.4. The second-order valence-electron chi connectivity index (χ2n) is 5.77. The molecule has 1 aromatic heterocycles. The van der Waals surface area contributed by atoms with Gasteiger partial charge in [-0.05, 0) is 50.1 Å². The zero-order valence-electron chi connectivity index (χ0n) is 19.0. The van der Waals surface area contributed by atoms with Gasteiger partial charge >= 0.3 is 0 Å². The highest BCUT2D eigenvalue weighted by Crippen LogP contribution is 2.24. The molecule has 162 valence electrons. The van der Waals surface area contributed by atoms with Crippen LogP contribution < -0.4 is 10.4 Å². The monoisotopic (exact) mass is 436 g/mol. The smallest absolute Gasteiger partial charge is 0.124 e. The van der Waals surface area contributed by atoms with Gasteiger partial charge in [-0.3, -0.25) is 4.68 Å². The largest absolute Gasteiger partial charge is 0.507 e. The van der Waals surface area contributed by atoms with E-state index in [1.54, 1.807) is 11.8 Å². The number of hydrogen-bond acceptors (Lipinski definition) is 3. The summed E-state index contributed by atoms with van der Waals surface area (Å²) in [5.41, 5.74) is 2.02. The molecule has 0 spiro atoms. The van der Waals surface area contributed by atoms with Gasteiger partial charge in [-0.1, -0.05) is 52.0 Å². The first-order chi connectivity index (χ1) is 14.1. The summed E-state index contributed by atoms with van der Waals surface area (Å²) in [6, 6.07) is 6.02. The Labute approximate surface area is 186 Å². The van der Waals surface area contributed by atoms with Gasteiger partial charge in [0.15, 0.2) is 0 Å². The first-order valence-electron chi connectivity index (χ1n) is 10.4. The first-order valence-corrected chi connectivity index (χ1v) is 11.9. The summed E-state index contributed by atoms with van der Waals surface area (Å²) in [6.07, 6.45) is 10.3. The van der Waals surface area contributed by atoms with Gasteiger partial charge in [0.2, 0.25) is 0 Å². The second kappa shape index (κ2) is 16.2. The first kappa shape index (κ1) is 27.4. The minimum atomic E-state index is 0.373. The van der Waals surface area contributed by atoms with Crippen LogP contribution in [0.5, 0.6) is 5.75 Å². The van der Waals surface area contributed by atoms with E-state index < -0.39 is 0 Å². The van der Waals surface area contributed by atoms with Crippen molar-refractivity contribution in [2.45, 2.75) is 70.9 Å². The highest BCUT2D eigenvalue weighted by Gasteiger charge is 2.07. The summed E-state index contributed by atoms with van der Waals surface area (Å²) in [6.45, 7) is 12.0. The predicted molar refractivity (Wildman–Crippen MR) is 131 cm³/mol. The number of rotatable bonds is 4. The van der Waals surface area contributed by atoms with Crippen molar-refractivity contribution in [3.63, 3.8) is 0 Å². The Balaban J connectivity index is 0.000000859. The van der Waals surface area contributed by atoms with E-state index >= 15 is 0 Å². The Morgan fingerprint density at radius 3 is 2.24 bits per heavy atom. The third-order valence-corrected chi connectivity index (χ3v) is 5.21. The van der Waals surface area contributed by atoms with Crippen LogP contribution in [0.1, 0.15) is 65.8 Å². The average Bonchev–Trinajstić information content (AvgIpc) is 3.15. The number of benzene rings is 1. The molecule has 0 aliphatic heterocycles. The zero-order chi connectivity index (χ0) is 22.2. The molecule has 0 saturated heterocycles. The van der Waals surface area contributed by atoms with Crippen LogP contribution in [0.25, 0.3) is 12.2 Å². The summed E-state index contributed by atoms with van der Waals surface area (Å²) >= 11 is 7.51. The van der Waals surface area contributed by atoms with Crippen molar-refractivity contribution in [1.29, 1.82) is 0 Å². The van der Waals surface area contributed by atoms with Crippen LogP contribution in [-0.2, 0) is 18.7 Å². The van der Waals surface area contributed by atoms with E-state index in [0.717, 1.165) is 45.3 Å². The third-order valence-electron chi connectivity index (χ3n) is 3.93. The molecule has 0 saturated carbocycles. The van der Waals surface area contributed by atoms with Crippen molar-refractivity contribution in [3.05, 3.63) is 52.2 Å². The fourth-order valence-corrected chi connectivity index (χ4v) is 3.62. The Bertz CT molecular complexity index is 852. The quantitative estimate of drug-likeness (QED) is 0.355. The van der Waals surface area contributed by atoms with E-state index in [-0.39, 0.29) is 0 Å². The van der Waals surface area contributed by atoms with Gasteiger partial charge in [0.25, 0.3) is 0 Å². The van der Waals surface area contributed by atoms with Gasteiger partial charge in [-0.15, -0.1) is 23.4 Å². The predicted octanol–water partition coefficient (Wildman–Crippen LogP) is 6.15. The summed E-state index contributed by atoms with van der Waals surface area (Å²) in [4.78, 5) is 1.08. The molecule has 0 bridgehead atoms. The number of aromatic hydroxyl groups is 1. The lowest BCUT2D eigenvalue weighted by atomic mass is 10.1. The van der Waals surface area contributed by atoms with Gasteiger partial charge in [-0.2, -0.15) is 5.10 Å². The Hall–Kier alpha value is -1.65. The Morgan fingerprint density at radius 1 is 1.07 bits per heavy atom. The SMILES string of the molecule is C/C=C\C.CC.CC.Cn1nc(CCl)cc1CSc1cc(O)c2c(c1)=CCCC=2. The Kier molecular flexibility index (Phi) is 15.3. The fraction of sp³-hybridized carbons (Fsp3) is 0.458. The molecule has 1 aliphatic rings. The summed E-state index contributed by atoms with van der Waals surface area (Å²) in [7, 11) is 1.93. The number of phenolic OH excluding ortho intramolecular Hbond substituents is 1. The summed E-state index contributed by atoms with van der Waals surface area (Å²) in [5, 5.41) is 16.6. The van der Waals surface area contributed by atoms with Gasteiger partial charge in [0.05, 0.1) is 11.6 Å². The molecule has 3 nitrogen and oxygen atoms in total. The molecule has 5 heteroatoms. The number of allylic oxidation sites excluding steroid dienone is 2. The molecule has 1 aliphatic carbocycles. The van der Waals surface area contributed by atoms with E-state index in [0.29, 0.717) is 11.6 Å². The molecule has 2 aromatic rings. The van der Waals surface area contributed by atoms with Crippen molar-refractivity contribution >= 4 is 35.5 Å². The van der Waals surface area contributed by atoms with E-state index in [9.17, 15) is 5.11 Å². The number of hydrogen-bond donors (Lipinski definition) is 1. The highest BCUT2D eigenvalue weighted by molar-refractivity contribution is 7.98. The van der Waals surface area contributed by atoms with Crippen molar-refractivity contribution in [2.75, 3.05) is 0 Å². The lowest BCUT2D eigenvalue weighted by Gasteiger charge is -2.07. The van der Waals surface area contributed by atoms with Crippen molar-refractivity contribution < 1.29 is 5.11 Å². The van der Waals surface area contributed by atoms with Gasteiger partial charge in [-0.25, -0.2) is 0 Å². The highest BCUT2D eigenvalue weighted by atomic mass is 35.5. The number of thioether (sulfide) groups is 1. The second-order valence-corrected chi connectivity index (χ2v) is 7.09. The summed E-state index contributed by atoms with van der Waals surface area (Å²) in [5.74, 6) is 1.61. The maximum atomic E-state index is 10.1. The van der Waals surface area contributed by atoms with E-state index in [1.807, 2.05) is 77.6 Å². The lowest BCUT2D eigenvalue weighted by Crippen LogP contribution is -2.26. The minimum absolute atomic E-state index is 0.373. The Morgan fingerprint density at radius 2 is 1.69 bits per heavy atom. The van der Waals surface area contributed by atoms with Gasteiger partial charge in [0.1, 0.15) is 5.75 Å². The molecule has 0 unspecified atom stereocenters. The van der Waals surface area contributed by atoms with Crippen molar-refractivity contribution in [1.82, 2.24) is 9.78 Å². The maximum absolute atomic E-state index is 10.1. The van der Waals surface area contributed by atoms with E-state index in [1.165, 1.54) is 0 Å². The van der Waals surface area contributed by atoms with Crippen LogP contribution in [0.15, 0.2) is 35.2 Å². The molecular formula is C24H37ClN2OS. The van der Waals surface area contributed by atoms with Crippen molar-refractivity contribution in [2.24, 2.45) is 7.05 Å². The molecule has 0 atom stereocenters. The van der Waals surface area contributed by atoms with Crippen LogP contribution in [-0.4, -0.2) is 14.9 Å². The zero-order valence-corrected chi connectivity index (χ0v) is 20.6. The number of alkyl halides is 1. The van der Waals surface area contributed by atoms with E-state index in [4.69, 9.17) is 11.6 Å². The van der Waals surface area contributed by atoms with Crippen LogP contribution in [0.4, 0.5) is 0 Å². The number of fused-ring (bicyclic) bond motifs is 1. The topological polar surface area (TPSA) is 38.0 Å². The average molecular weight is 437 g/mol. The van der Waals surface area contributed by atoms with E-state index in [2.05, 4.69) is 23.3 Å². The molecule has 0 radical (unpaired) electrons. The van der Waals surface area contributed by atoms with Gasteiger partial charge < -0.3 is 5.11 Å². The third kappa shape index (κ3) is 9.14. The van der Waals surface area contributed by atoms with Gasteiger partial charge in [0, 0.05) is 28.6 Å². The molecule has 1 N–H and O–H groups in total. The molecule has 1 aromatic carbocycles. The van der Waals surface area contributed by atoms with Crippen LogP contribution in [0.3, 0.4) is 0 Å². The molecule has 3 rings (SSSR count).